The number of carbonyl (C=O) groups is 2. The molecule has 4 saturated carbocycles. The molecule has 2 amide bonds. The minimum atomic E-state index is -0.371. The predicted molar refractivity (Wildman–Crippen MR) is 53.6 cm³/mol. The van der Waals surface area contributed by atoms with Crippen molar-refractivity contribution in [1.29, 1.82) is 0 Å². The highest BCUT2D eigenvalue weighted by molar-refractivity contribution is 5.88. The lowest BCUT2D eigenvalue weighted by Gasteiger charge is -2.66. The summed E-state index contributed by atoms with van der Waals surface area (Å²) in [6.07, 6.45) is 4.95. The molecule has 0 aliphatic heterocycles. The summed E-state index contributed by atoms with van der Waals surface area (Å²) in [6.45, 7) is 0. The Morgan fingerprint density at radius 3 is 2.27 bits per heavy atom. The zero-order valence-electron chi connectivity index (χ0n) is 8.66. The molecule has 1 atom stereocenters. The van der Waals surface area contributed by atoms with Crippen LogP contribution < -0.4 is 11.1 Å². The summed E-state index contributed by atoms with van der Waals surface area (Å²) >= 11 is 0. The van der Waals surface area contributed by atoms with Gasteiger partial charge >= 0.3 is 0 Å². The first-order chi connectivity index (χ1) is 7.13. The maximum absolute atomic E-state index is 11.7. The minimum Gasteiger partial charge on any atom is -0.369 e. The quantitative estimate of drug-likeness (QED) is 0.693. The summed E-state index contributed by atoms with van der Waals surface area (Å²) in [5.74, 6) is 0.627. The van der Waals surface area contributed by atoms with Gasteiger partial charge in [0.1, 0.15) is 0 Å². The van der Waals surface area contributed by atoms with Gasteiger partial charge in [-0.25, -0.2) is 0 Å². The second kappa shape index (κ2) is 2.74. The van der Waals surface area contributed by atoms with E-state index in [-0.39, 0.29) is 29.2 Å². The topological polar surface area (TPSA) is 72.2 Å². The molecule has 4 aliphatic carbocycles. The average Bonchev–Trinajstić information content (AvgIpc) is 1.92. The first-order valence-electron chi connectivity index (χ1n) is 5.74. The summed E-state index contributed by atoms with van der Waals surface area (Å²) < 4.78 is 0. The molecule has 0 aromatic heterocycles. The predicted octanol–water partition coefficient (Wildman–Crippen LogP) is 0.167. The SMILES string of the molecule is NC(=O)C12CC(C1)C2NC(=O)C1CCC1. The summed E-state index contributed by atoms with van der Waals surface area (Å²) in [5, 5.41) is 3.00. The third-order valence-electron chi connectivity index (χ3n) is 4.58. The smallest absolute Gasteiger partial charge is 0.225 e. The van der Waals surface area contributed by atoms with Gasteiger partial charge in [0.2, 0.25) is 11.8 Å². The van der Waals surface area contributed by atoms with Gasteiger partial charge in [0.15, 0.2) is 0 Å². The van der Waals surface area contributed by atoms with E-state index in [1.807, 2.05) is 0 Å². The number of rotatable bonds is 3. The van der Waals surface area contributed by atoms with Crippen LogP contribution >= 0.6 is 0 Å². The van der Waals surface area contributed by atoms with Gasteiger partial charge in [-0.3, -0.25) is 9.59 Å². The van der Waals surface area contributed by atoms with Crippen molar-refractivity contribution in [3.63, 3.8) is 0 Å². The molecular weight excluding hydrogens is 192 g/mol. The largest absolute Gasteiger partial charge is 0.369 e. The van der Waals surface area contributed by atoms with Crippen LogP contribution in [0.15, 0.2) is 0 Å². The third-order valence-corrected chi connectivity index (χ3v) is 4.58. The fraction of sp³-hybridized carbons (Fsp3) is 0.818. The molecule has 4 nitrogen and oxygen atoms in total. The molecule has 0 spiro atoms. The van der Waals surface area contributed by atoms with Gasteiger partial charge in [0, 0.05) is 12.0 Å². The van der Waals surface area contributed by atoms with E-state index in [1.165, 1.54) is 0 Å². The van der Waals surface area contributed by atoms with Crippen molar-refractivity contribution in [3.05, 3.63) is 0 Å². The van der Waals surface area contributed by atoms with Crippen LogP contribution in [0.3, 0.4) is 0 Å². The van der Waals surface area contributed by atoms with Crippen LogP contribution in [0.5, 0.6) is 0 Å². The van der Waals surface area contributed by atoms with Crippen LogP contribution in [0.1, 0.15) is 32.1 Å². The van der Waals surface area contributed by atoms with Crippen molar-refractivity contribution in [3.8, 4) is 0 Å². The number of nitrogens with one attached hydrogen (secondary N) is 1. The van der Waals surface area contributed by atoms with Gasteiger partial charge in [-0.2, -0.15) is 0 Å². The van der Waals surface area contributed by atoms with Crippen LogP contribution in [-0.4, -0.2) is 17.9 Å². The third kappa shape index (κ3) is 1.02. The highest BCUT2D eigenvalue weighted by Gasteiger charge is 2.69. The van der Waals surface area contributed by atoms with E-state index < -0.39 is 0 Å². The fourth-order valence-corrected chi connectivity index (χ4v) is 3.05. The molecule has 3 N–H and O–H groups in total. The van der Waals surface area contributed by atoms with Gasteiger partial charge in [0.25, 0.3) is 0 Å². The second-order valence-corrected chi connectivity index (χ2v) is 5.30. The lowest BCUT2D eigenvalue weighted by Crippen LogP contribution is -2.76. The Balaban J connectivity index is 1.61. The van der Waals surface area contributed by atoms with Crippen LogP contribution in [0.25, 0.3) is 0 Å². The Morgan fingerprint density at radius 1 is 1.27 bits per heavy atom. The van der Waals surface area contributed by atoms with Crippen molar-refractivity contribution >= 4 is 11.8 Å². The van der Waals surface area contributed by atoms with Crippen LogP contribution in [0.4, 0.5) is 0 Å². The molecule has 0 aromatic carbocycles. The van der Waals surface area contributed by atoms with Crippen molar-refractivity contribution in [2.75, 3.05) is 0 Å². The minimum absolute atomic E-state index is 0.0584. The summed E-state index contributed by atoms with van der Waals surface area (Å²) in [7, 11) is 0. The Morgan fingerprint density at radius 2 is 1.93 bits per heavy atom. The maximum atomic E-state index is 11.7. The van der Waals surface area contributed by atoms with E-state index in [2.05, 4.69) is 5.32 Å². The molecule has 0 saturated heterocycles. The van der Waals surface area contributed by atoms with E-state index in [4.69, 9.17) is 5.73 Å². The van der Waals surface area contributed by atoms with Crippen molar-refractivity contribution in [2.24, 2.45) is 23.0 Å². The zero-order chi connectivity index (χ0) is 10.6. The lowest BCUT2D eigenvalue weighted by atomic mass is 9.40. The highest BCUT2D eigenvalue weighted by atomic mass is 16.2. The number of nitrogens with two attached hydrogens (primary N) is 1. The van der Waals surface area contributed by atoms with Gasteiger partial charge in [0.05, 0.1) is 5.41 Å². The normalized spacial score (nSPS) is 42.1. The highest BCUT2D eigenvalue weighted by Crippen LogP contribution is 2.64. The Bertz CT molecular complexity index is 329. The van der Waals surface area contributed by atoms with Crippen molar-refractivity contribution < 1.29 is 9.59 Å². The number of hydrogen-bond acceptors (Lipinski definition) is 2. The molecule has 0 radical (unpaired) electrons. The van der Waals surface area contributed by atoms with E-state index in [1.54, 1.807) is 0 Å². The fourth-order valence-electron chi connectivity index (χ4n) is 3.05. The van der Waals surface area contributed by atoms with E-state index in [9.17, 15) is 9.59 Å². The number of amides is 2. The van der Waals surface area contributed by atoms with Gasteiger partial charge in [-0.05, 0) is 31.6 Å². The average molecular weight is 208 g/mol. The van der Waals surface area contributed by atoms with E-state index in [0.29, 0.717) is 5.92 Å². The molecule has 0 heterocycles. The number of primary amides is 1. The van der Waals surface area contributed by atoms with E-state index >= 15 is 0 Å². The number of hydrogen-bond donors (Lipinski definition) is 2. The van der Waals surface area contributed by atoms with Crippen molar-refractivity contribution in [1.82, 2.24) is 5.32 Å². The molecule has 82 valence electrons. The molecule has 4 fully saturated rings. The monoisotopic (exact) mass is 208 g/mol. The lowest BCUT2D eigenvalue weighted by molar-refractivity contribution is -0.180. The Hall–Kier alpha value is -1.06. The standard InChI is InChI=1S/C11H16N2O2/c12-10(15)11-4-7(5-11)8(11)13-9(14)6-2-1-3-6/h6-8H,1-5H2,(H2,12,15)(H,13,14). The molecule has 4 aliphatic rings. The molecule has 2 bridgehead atoms. The van der Waals surface area contributed by atoms with Gasteiger partial charge in [-0.15, -0.1) is 0 Å². The second-order valence-electron chi connectivity index (χ2n) is 5.30. The molecule has 1 unspecified atom stereocenters. The van der Waals surface area contributed by atoms with Crippen LogP contribution in [0.2, 0.25) is 0 Å². The molecule has 0 aromatic rings. The molecule has 4 heteroatoms. The van der Waals surface area contributed by atoms with Gasteiger partial charge in [-0.1, -0.05) is 6.42 Å². The summed E-state index contributed by atoms with van der Waals surface area (Å²) in [6, 6.07) is 0.0584. The van der Waals surface area contributed by atoms with Crippen LogP contribution in [-0.2, 0) is 9.59 Å². The van der Waals surface area contributed by atoms with Gasteiger partial charge < -0.3 is 11.1 Å². The molecular formula is C11H16N2O2. The molecule has 15 heavy (non-hydrogen) atoms. The van der Waals surface area contributed by atoms with Crippen molar-refractivity contribution in [2.45, 2.75) is 38.1 Å². The first-order valence-corrected chi connectivity index (χ1v) is 5.74. The molecule has 4 rings (SSSR count). The van der Waals surface area contributed by atoms with Crippen LogP contribution in [0, 0.1) is 17.3 Å². The zero-order valence-corrected chi connectivity index (χ0v) is 8.66. The summed E-state index contributed by atoms with van der Waals surface area (Å²) in [5.41, 5.74) is 5.00. The maximum Gasteiger partial charge on any atom is 0.225 e. The first kappa shape index (κ1) is 9.19. The number of carbonyl (C=O) groups excluding carboxylic acids is 2. The van der Waals surface area contributed by atoms with E-state index in [0.717, 1.165) is 32.1 Å². The Kier molecular flexibility index (Phi) is 1.68. The summed E-state index contributed by atoms with van der Waals surface area (Å²) in [4.78, 5) is 23.0. The Labute approximate surface area is 88.6 Å².